The Morgan fingerprint density at radius 3 is 1.52 bits per heavy atom. The van der Waals surface area contributed by atoms with Crippen molar-refractivity contribution >= 4 is 35.2 Å². The Balaban J connectivity index is 1.07. The zero-order valence-corrected chi connectivity index (χ0v) is 34.6. The van der Waals surface area contributed by atoms with E-state index in [0.29, 0.717) is 17.5 Å². The highest BCUT2D eigenvalue weighted by Crippen LogP contribution is 2.63. The third-order valence-electron chi connectivity index (χ3n) is 12.7. The van der Waals surface area contributed by atoms with Crippen molar-refractivity contribution in [3.05, 3.63) is 204 Å². The van der Waals surface area contributed by atoms with Crippen molar-refractivity contribution in [2.45, 2.75) is 25.1 Å². The molecular formula is C55H39N3OSi. The fraction of sp³-hybridized carbons (Fsp3) is 0.0727. The normalized spacial score (nSPS) is 13.4. The highest BCUT2D eigenvalue weighted by Gasteiger charge is 2.51. The van der Waals surface area contributed by atoms with Crippen LogP contribution in [0.4, 0.5) is 0 Å². The van der Waals surface area contributed by atoms with Gasteiger partial charge in [-0.3, -0.25) is 0 Å². The Kier molecular flexibility index (Phi) is 7.48. The van der Waals surface area contributed by atoms with Crippen LogP contribution in [0.15, 0.2) is 186 Å². The number of fused-ring (bicyclic) bond motifs is 13. The van der Waals surface area contributed by atoms with Crippen LogP contribution in [0.5, 0.6) is 0 Å². The predicted octanol–water partition coefficient (Wildman–Crippen LogP) is 13.3. The molecule has 0 unspecified atom stereocenters. The van der Waals surface area contributed by atoms with Crippen LogP contribution in [0.2, 0.25) is 19.6 Å². The zero-order chi connectivity index (χ0) is 40.2. The van der Waals surface area contributed by atoms with Gasteiger partial charge in [-0.1, -0.05) is 183 Å². The highest BCUT2D eigenvalue weighted by atomic mass is 28.3. The predicted molar refractivity (Wildman–Crippen MR) is 248 cm³/mol. The SMILES string of the molecule is C[Si](C)(C)c1ccc(-c2nc(-c3cccc(-c4cccc5oc6ccccc6c45)c3)nc(-c3ccc4c(c3)C3(c5ccccc5-c5ccccc53)c3ccccc3-4)n2)cc1. The lowest BCUT2D eigenvalue weighted by atomic mass is 9.70. The van der Waals surface area contributed by atoms with E-state index in [0.717, 1.165) is 49.8 Å². The fourth-order valence-corrected chi connectivity index (χ4v) is 11.1. The molecule has 0 bridgehead atoms. The van der Waals surface area contributed by atoms with E-state index in [-0.39, 0.29) is 0 Å². The van der Waals surface area contributed by atoms with Crippen molar-refractivity contribution < 1.29 is 4.42 Å². The van der Waals surface area contributed by atoms with Crippen LogP contribution in [0.1, 0.15) is 22.3 Å². The molecule has 2 aliphatic carbocycles. The van der Waals surface area contributed by atoms with Gasteiger partial charge in [0.25, 0.3) is 0 Å². The van der Waals surface area contributed by atoms with Gasteiger partial charge in [-0.15, -0.1) is 0 Å². The molecule has 1 spiro atoms. The summed E-state index contributed by atoms with van der Waals surface area (Å²) in [5, 5.41) is 3.60. The molecule has 284 valence electrons. The number of para-hydroxylation sites is 1. The third-order valence-corrected chi connectivity index (χ3v) is 14.8. The van der Waals surface area contributed by atoms with E-state index in [4.69, 9.17) is 19.4 Å². The van der Waals surface area contributed by atoms with Gasteiger partial charge in [0, 0.05) is 27.5 Å². The number of nitrogens with zero attached hydrogens (tertiary/aromatic N) is 3. The van der Waals surface area contributed by atoms with E-state index in [1.807, 2.05) is 18.2 Å². The third kappa shape index (κ3) is 5.06. The van der Waals surface area contributed by atoms with Crippen LogP contribution in [-0.4, -0.2) is 23.0 Å². The summed E-state index contributed by atoms with van der Waals surface area (Å²) in [6.45, 7) is 7.13. The molecular weight excluding hydrogens is 747 g/mol. The Hall–Kier alpha value is -7.21. The van der Waals surface area contributed by atoms with Gasteiger partial charge in [-0.25, -0.2) is 15.0 Å². The smallest absolute Gasteiger partial charge is 0.164 e. The lowest BCUT2D eigenvalue weighted by Crippen LogP contribution is -2.37. The van der Waals surface area contributed by atoms with Crippen molar-refractivity contribution in [3.63, 3.8) is 0 Å². The Bertz CT molecular complexity index is 3310. The number of hydrogen-bond acceptors (Lipinski definition) is 4. The first kappa shape index (κ1) is 34.8. The number of hydrogen-bond donors (Lipinski definition) is 0. The van der Waals surface area contributed by atoms with Crippen molar-refractivity contribution in [3.8, 4) is 67.5 Å². The van der Waals surface area contributed by atoms with Crippen LogP contribution in [0.3, 0.4) is 0 Å². The van der Waals surface area contributed by atoms with Crippen LogP contribution in [-0.2, 0) is 5.41 Å². The van der Waals surface area contributed by atoms with E-state index >= 15 is 0 Å². The maximum atomic E-state index is 6.28. The summed E-state index contributed by atoms with van der Waals surface area (Å²) in [5.41, 5.74) is 16.6. The van der Waals surface area contributed by atoms with Gasteiger partial charge < -0.3 is 4.42 Å². The average Bonchev–Trinajstić information content (AvgIpc) is 3.93. The summed E-state index contributed by atoms with van der Waals surface area (Å²) in [4.78, 5) is 15.9. The number of furan rings is 1. The van der Waals surface area contributed by atoms with Crippen LogP contribution in [0.25, 0.3) is 89.5 Å². The second-order valence-electron chi connectivity index (χ2n) is 17.1. The first-order chi connectivity index (χ1) is 29.4. The quantitative estimate of drug-likeness (QED) is 0.163. The van der Waals surface area contributed by atoms with Gasteiger partial charge in [0.05, 0.1) is 13.5 Å². The van der Waals surface area contributed by atoms with Crippen LogP contribution >= 0.6 is 0 Å². The van der Waals surface area contributed by atoms with Crippen molar-refractivity contribution in [2.75, 3.05) is 0 Å². The first-order valence-corrected chi connectivity index (χ1v) is 24.2. The Morgan fingerprint density at radius 2 is 0.867 bits per heavy atom. The summed E-state index contributed by atoms with van der Waals surface area (Å²) < 4.78 is 6.28. The number of benzene rings is 8. The van der Waals surface area contributed by atoms with E-state index in [1.165, 1.54) is 49.7 Å². The summed E-state index contributed by atoms with van der Waals surface area (Å²) in [5.74, 6) is 1.93. The molecule has 8 aromatic carbocycles. The lowest BCUT2D eigenvalue weighted by Gasteiger charge is -2.30. The topological polar surface area (TPSA) is 51.8 Å². The van der Waals surface area contributed by atoms with Crippen LogP contribution in [0, 0.1) is 0 Å². The molecule has 2 aromatic heterocycles. The molecule has 0 atom stereocenters. The highest BCUT2D eigenvalue weighted by molar-refractivity contribution is 6.88. The second kappa shape index (κ2) is 12.9. The zero-order valence-electron chi connectivity index (χ0n) is 33.6. The summed E-state index contributed by atoms with van der Waals surface area (Å²) >= 11 is 0. The Morgan fingerprint density at radius 1 is 0.383 bits per heavy atom. The molecule has 60 heavy (non-hydrogen) atoms. The molecule has 2 aliphatic rings. The van der Waals surface area contributed by atoms with E-state index < -0.39 is 13.5 Å². The first-order valence-electron chi connectivity index (χ1n) is 20.7. The molecule has 0 aliphatic heterocycles. The summed E-state index contributed by atoms with van der Waals surface area (Å²) in [7, 11) is -1.52. The van der Waals surface area contributed by atoms with Gasteiger partial charge in [-0.2, -0.15) is 0 Å². The number of aromatic nitrogens is 3. The molecule has 5 heteroatoms. The van der Waals surface area contributed by atoms with Crippen molar-refractivity contribution in [1.82, 2.24) is 15.0 Å². The maximum Gasteiger partial charge on any atom is 0.164 e. The summed E-state index contributed by atoms with van der Waals surface area (Å²) in [6, 6.07) is 65.6. The maximum absolute atomic E-state index is 6.28. The second-order valence-corrected chi connectivity index (χ2v) is 22.2. The minimum atomic E-state index is -1.52. The van der Waals surface area contributed by atoms with E-state index in [2.05, 4.69) is 183 Å². The largest absolute Gasteiger partial charge is 0.456 e. The molecule has 10 aromatic rings. The number of rotatable bonds is 5. The van der Waals surface area contributed by atoms with Crippen LogP contribution < -0.4 is 5.19 Å². The average molecular weight is 786 g/mol. The van der Waals surface area contributed by atoms with Gasteiger partial charge >= 0.3 is 0 Å². The molecule has 0 amide bonds. The van der Waals surface area contributed by atoms with Gasteiger partial charge in [0.2, 0.25) is 0 Å². The molecule has 4 nitrogen and oxygen atoms in total. The van der Waals surface area contributed by atoms with E-state index in [1.54, 1.807) is 0 Å². The van der Waals surface area contributed by atoms with Gasteiger partial charge in [0.1, 0.15) is 11.2 Å². The minimum absolute atomic E-state index is 0.465. The lowest BCUT2D eigenvalue weighted by molar-refractivity contribution is 0.669. The van der Waals surface area contributed by atoms with E-state index in [9.17, 15) is 0 Å². The van der Waals surface area contributed by atoms with Crippen molar-refractivity contribution in [1.29, 1.82) is 0 Å². The van der Waals surface area contributed by atoms with Gasteiger partial charge in [-0.05, 0) is 79.9 Å². The summed E-state index contributed by atoms with van der Waals surface area (Å²) in [6.07, 6.45) is 0. The monoisotopic (exact) mass is 785 g/mol. The molecule has 0 saturated carbocycles. The molecule has 2 heterocycles. The molecule has 0 N–H and O–H groups in total. The molecule has 0 saturated heterocycles. The minimum Gasteiger partial charge on any atom is -0.456 e. The molecule has 0 radical (unpaired) electrons. The standard InChI is InChI=1S/C55H39N3OSi/c1-60(2,3)38-29-26-34(27-30-38)52-56-53(36-15-12-14-35(32-36)39-20-13-25-50-51(39)44-19-7-11-24-49(44)59-50)58-54(57-52)37-28-31-43-42-18-6-10-23-47(42)55(48(43)33-37)45-21-8-4-16-40(45)41-17-5-9-22-46(41)55/h4-33H,1-3H3. The van der Waals surface area contributed by atoms with Gasteiger partial charge in [0.15, 0.2) is 17.5 Å². The molecule has 12 rings (SSSR count). The molecule has 0 fully saturated rings. The Labute approximate surface area is 349 Å². The fourth-order valence-electron chi connectivity index (χ4n) is 9.96. The van der Waals surface area contributed by atoms with Crippen molar-refractivity contribution in [2.24, 2.45) is 0 Å².